The summed E-state index contributed by atoms with van der Waals surface area (Å²) in [4.78, 5) is 20.8. The van der Waals surface area contributed by atoms with Gasteiger partial charge in [0.2, 0.25) is 0 Å². The summed E-state index contributed by atoms with van der Waals surface area (Å²) in [7, 11) is 0. The first-order valence-corrected chi connectivity index (χ1v) is 6.14. The Labute approximate surface area is 113 Å². The molecule has 5 nitrogen and oxygen atoms in total. The average molecular weight is 267 g/mol. The highest BCUT2D eigenvalue weighted by atomic mass is 16.4. The van der Waals surface area contributed by atoms with Crippen molar-refractivity contribution in [1.29, 1.82) is 0 Å². The lowest BCUT2D eigenvalue weighted by Crippen LogP contribution is -2.92. The normalized spacial score (nSPS) is 10.0. The summed E-state index contributed by atoms with van der Waals surface area (Å²) in [6.45, 7) is 8.83. The summed E-state index contributed by atoms with van der Waals surface area (Å²) in [5.74, 6) is -2.75. The maximum Gasteiger partial charge on any atom is 0.336 e. The van der Waals surface area contributed by atoms with Crippen molar-refractivity contribution in [3.05, 3.63) is 35.4 Å². The van der Waals surface area contributed by atoms with Crippen LogP contribution in [0.3, 0.4) is 0 Å². The van der Waals surface area contributed by atoms with E-state index in [-0.39, 0.29) is 11.1 Å². The van der Waals surface area contributed by atoms with Crippen molar-refractivity contribution in [2.75, 3.05) is 0 Å². The molecule has 0 saturated heterocycles. The van der Waals surface area contributed by atoms with Gasteiger partial charge in [0.25, 0.3) is 0 Å². The van der Waals surface area contributed by atoms with Crippen LogP contribution >= 0.6 is 0 Å². The zero-order valence-corrected chi connectivity index (χ0v) is 11.7. The van der Waals surface area contributed by atoms with Gasteiger partial charge in [0.15, 0.2) is 0 Å². The molecule has 1 aromatic rings. The Morgan fingerprint density at radius 3 is 1.68 bits per heavy atom. The molecule has 5 heteroatoms. The van der Waals surface area contributed by atoms with Crippen molar-refractivity contribution in [1.82, 2.24) is 0 Å². The van der Waals surface area contributed by atoms with Gasteiger partial charge in [0.1, 0.15) is 0 Å². The zero-order valence-electron chi connectivity index (χ0n) is 11.7. The molecule has 0 aromatic heterocycles. The van der Waals surface area contributed by atoms with Crippen LogP contribution < -0.4 is 10.4 Å². The van der Waals surface area contributed by atoms with Gasteiger partial charge >= 0.3 is 5.97 Å². The number of carboxylic acid groups (broad SMARTS) is 2. The fourth-order valence-electron chi connectivity index (χ4n) is 1.62. The number of carbonyl (C=O) groups excluding carboxylic acids is 1. The minimum Gasteiger partial charge on any atom is -0.545 e. The highest BCUT2D eigenvalue weighted by Crippen LogP contribution is 2.06. The second kappa shape index (κ2) is 8.26. The van der Waals surface area contributed by atoms with Gasteiger partial charge < -0.3 is 20.3 Å². The first-order valence-electron chi connectivity index (χ1n) is 6.14. The molecule has 0 aliphatic heterocycles. The van der Waals surface area contributed by atoms with Gasteiger partial charge in [-0.3, -0.25) is 0 Å². The highest BCUT2D eigenvalue weighted by molar-refractivity contribution is 6.00. The highest BCUT2D eigenvalue weighted by Gasteiger charge is 2.08. The summed E-state index contributed by atoms with van der Waals surface area (Å²) in [5.41, 5.74) is -0.553. The quantitative estimate of drug-likeness (QED) is 0.810. The lowest BCUT2D eigenvalue weighted by molar-refractivity contribution is -0.709. The third-order valence-electron chi connectivity index (χ3n) is 2.15. The van der Waals surface area contributed by atoms with E-state index in [0.29, 0.717) is 0 Å². The van der Waals surface area contributed by atoms with E-state index in [9.17, 15) is 14.7 Å². The first kappa shape index (κ1) is 17.1. The van der Waals surface area contributed by atoms with Crippen molar-refractivity contribution >= 4 is 11.9 Å². The molecule has 0 aliphatic rings. The molecule has 0 aliphatic carbocycles. The van der Waals surface area contributed by atoms with Crippen LogP contribution in [0.5, 0.6) is 0 Å². The van der Waals surface area contributed by atoms with Gasteiger partial charge in [0.05, 0.1) is 23.6 Å². The van der Waals surface area contributed by atoms with Gasteiger partial charge in [0, 0.05) is 5.56 Å². The Kier molecular flexibility index (Phi) is 7.44. The molecule has 106 valence electrons. The summed E-state index contributed by atoms with van der Waals surface area (Å²) in [6.07, 6.45) is 0. The van der Waals surface area contributed by atoms with E-state index in [4.69, 9.17) is 5.11 Å². The summed E-state index contributed by atoms with van der Waals surface area (Å²) >= 11 is 0. The SMILES string of the molecule is CC(C)[NH2+]C(C)C.O=C([O-])c1ccccc1C(=O)O. The second-order valence-corrected chi connectivity index (χ2v) is 4.82. The fraction of sp³-hybridized carbons (Fsp3) is 0.429. The van der Waals surface area contributed by atoms with Gasteiger partial charge in [-0.2, -0.15) is 0 Å². The first-order chi connectivity index (χ1) is 8.75. The van der Waals surface area contributed by atoms with E-state index in [1.165, 1.54) is 24.3 Å². The van der Waals surface area contributed by atoms with Crippen molar-refractivity contribution in [2.24, 2.45) is 0 Å². The minimum absolute atomic E-state index is 0.252. The third-order valence-corrected chi connectivity index (χ3v) is 2.15. The number of rotatable bonds is 4. The molecule has 0 heterocycles. The molecular formula is C14H21NO4. The predicted molar refractivity (Wildman–Crippen MR) is 69.9 cm³/mol. The number of benzene rings is 1. The molecule has 0 amide bonds. The van der Waals surface area contributed by atoms with E-state index >= 15 is 0 Å². The summed E-state index contributed by atoms with van der Waals surface area (Å²) in [5, 5.41) is 21.2. The van der Waals surface area contributed by atoms with Crippen LogP contribution in [-0.2, 0) is 0 Å². The predicted octanol–water partition coefficient (Wildman–Crippen LogP) is 0.115. The van der Waals surface area contributed by atoms with Gasteiger partial charge in [-0.15, -0.1) is 0 Å². The monoisotopic (exact) mass is 267 g/mol. The second-order valence-electron chi connectivity index (χ2n) is 4.82. The van der Waals surface area contributed by atoms with Crippen LogP contribution in [0.1, 0.15) is 48.4 Å². The number of aromatic carboxylic acids is 2. The van der Waals surface area contributed by atoms with Gasteiger partial charge in [-0.25, -0.2) is 4.79 Å². The molecule has 0 radical (unpaired) electrons. The Morgan fingerprint density at radius 1 is 1.05 bits per heavy atom. The molecule has 0 fully saturated rings. The molecule has 0 saturated carbocycles. The number of quaternary nitrogens is 1. The Hall–Kier alpha value is -1.88. The molecule has 3 N–H and O–H groups in total. The third kappa shape index (κ3) is 7.21. The number of carboxylic acids is 2. The number of hydrogen-bond acceptors (Lipinski definition) is 3. The lowest BCUT2D eigenvalue weighted by Gasteiger charge is -2.06. The fourth-order valence-corrected chi connectivity index (χ4v) is 1.62. The van der Waals surface area contributed by atoms with Crippen molar-refractivity contribution in [3.63, 3.8) is 0 Å². The standard InChI is InChI=1S/C8H6O4.C6H15N/c9-7(10)5-3-1-2-4-6(5)8(11)12;1-5(2)7-6(3)4/h1-4H,(H,9,10)(H,11,12);5-7H,1-4H3. The van der Waals surface area contributed by atoms with Gasteiger partial charge in [-0.05, 0) is 33.8 Å². The maximum atomic E-state index is 10.4. The molecule has 1 rings (SSSR count). The van der Waals surface area contributed by atoms with Crippen LogP contribution in [0.15, 0.2) is 24.3 Å². The number of carbonyl (C=O) groups is 2. The molecule has 0 spiro atoms. The van der Waals surface area contributed by atoms with Crippen LogP contribution in [0, 0.1) is 0 Å². The lowest BCUT2D eigenvalue weighted by atomic mass is 10.1. The molecule has 0 atom stereocenters. The maximum absolute atomic E-state index is 10.4. The Balaban J connectivity index is 0.000000399. The van der Waals surface area contributed by atoms with Crippen LogP contribution in [-0.4, -0.2) is 29.1 Å². The van der Waals surface area contributed by atoms with E-state index in [1.807, 2.05) is 0 Å². The van der Waals surface area contributed by atoms with Crippen molar-refractivity contribution in [3.8, 4) is 0 Å². The minimum atomic E-state index is -1.48. The molecule has 0 unspecified atom stereocenters. The van der Waals surface area contributed by atoms with E-state index < -0.39 is 11.9 Å². The average Bonchev–Trinajstić information content (AvgIpc) is 2.27. The van der Waals surface area contributed by atoms with E-state index in [0.717, 1.165) is 12.1 Å². The largest absolute Gasteiger partial charge is 0.545 e. The number of nitrogens with two attached hydrogens (primary N) is 1. The smallest absolute Gasteiger partial charge is 0.336 e. The van der Waals surface area contributed by atoms with Crippen LogP contribution in [0.25, 0.3) is 0 Å². The van der Waals surface area contributed by atoms with Crippen LogP contribution in [0.4, 0.5) is 0 Å². The summed E-state index contributed by atoms with van der Waals surface area (Å²) in [6, 6.07) is 6.81. The molecule has 19 heavy (non-hydrogen) atoms. The topological polar surface area (TPSA) is 94.0 Å². The summed E-state index contributed by atoms with van der Waals surface area (Å²) < 4.78 is 0. The van der Waals surface area contributed by atoms with Gasteiger partial charge in [-0.1, -0.05) is 18.2 Å². The zero-order chi connectivity index (χ0) is 15.0. The molecular weight excluding hydrogens is 246 g/mol. The van der Waals surface area contributed by atoms with Crippen molar-refractivity contribution in [2.45, 2.75) is 39.8 Å². The Bertz CT molecular complexity index is 388. The van der Waals surface area contributed by atoms with Crippen molar-refractivity contribution < 1.29 is 25.1 Å². The van der Waals surface area contributed by atoms with E-state index in [1.54, 1.807) is 0 Å². The van der Waals surface area contributed by atoms with Crippen LogP contribution in [0.2, 0.25) is 0 Å². The Morgan fingerprint density at radius 2 is 1.47 bits per heavy atom. The molecule has 0 bridgehead atoms. The van der Waals surface area contributed by atoms with E-state index in [2.05, 4.69) is 33.0 Å². The number of hydrogen-bond donors (Lipinski definition) is 2. The molecule has 1 aromatic carbocycles.